The van der Waals surface area contributed by atoms with Crippen molar-refractivity contribution in [1.82, 2.24) is 16.2 Å². The Kier molecular flexibility index (Phi) is 4.93. The fourth-order valence-electron chi connectivity index (χ4n) is 1.83. The molecule has 0 aliphatic rings. The van der Waals surface area contributed by atoms with Crippen LogP contribution in [0.15, 0.2) is 54.6 Å². The first kappa shape index (κ1) is 14.6. The van der Waals surface area contributed by atoms with Crippen LogP contribution < -0.4 is 16.2 Å². The molecule has 3 N–H and O–H groups in total. The van der Waals surface area contributed by atoms with E-state index in [4.69, 9.17) is 0 Å². The zero-order valence-corrected chi connectivity index (χ0v) is 11.7. The molecule has 0 unspecified atom stereocenters. The molecular weight excluding hydrogens is 266 g/mol. The number of carbonyl (C=O) groups excluding carboxylic acids is 2. The summed E-state index contributed by atoms with van der Waals surface area (Å²) in [6, 6.07) is 16.2. The van der Waals surface area contributed by atoms with Crippen LogP contribution >= 0.6 is 0 Å². The van der Waals surface area contributed by atoms with Gasteiger partial charge in [0, 0.05) is 12.1 Å². The van der Waals surface area contributed by atoms with Crippen LogP contribution in [0.3, 0.4) is 0 Å². The van der Waals surface area contributed by atoms with E-state index in [-0.39, 0.29) is 5.91 Å². The zero-order valence-electron chi connectivity index (χ0n) is 11.7. The predicted molar refractivity (Wildman–Crippen MR) is 80.5 cm³/mol. The smallest absolute Gasteiger partial charge is 0.333 e. The van der Waals surface area contributed by atoms with E-state index in [1.165, 1.54) is 0 Å². The van der Waals surface area contributed by atoms with Crippen LogP contribution in [0.2, 0.25) is 0 Å². The molecule has 0 saturated heterocycles. The van der Waals surface area contributed by atoms with Crippen LogP contribution in [0, 0.1) is 6.92 Å². The summed E-state index contributed by atoms with van der Waals surface area (Å²) in [6.07, 6.45) is 0. The monoisotopic (exact) mass is 283 g/mol. The number of hydrazine groups is 1. The van der Waals surface area contributed by atoms with Crippen molar-refractivity contribution in [3.63, 3.8) is 0 Å². The van der Waals surface area contributed by atoms with Crippen LogP contribution in [-0.4, -0.2) is 11.9 Å². The zero-order chi connectivity index (χ0) is 15.1. The number of benzene rings is 2. The summed E-state index contributed by atoms with van der Waals surface area (Å²) >= 11 is 0. The highest BCUT2D eigenvalue weighted by Crippen LogP contribution is 2.05. The van der Waals surface area contributed by atoms with Crippen molar-refractivity contribution in [3.05, 3.63) is 71.3 Å². The Morgan fingerprint density at radius 2 is 1.57 bits per heavy atom. The molecule has 0 aliphatic heterocycles. The molecule has 0 aromatic heterocycles. The molecule has 0 heterocycles. The number of nitrogens with one attached hydrogen (secondary N) is 3. The van der Waals surface area contributed by atoms with Gasteiger partial charge >= 0.3 is 6.03 Å². The molecule has 0 bridgehead atoms. The molecule has 2 rings (SSSR count). The van der Waals surface area contributed by atoms with E-state index >= 15 is 0 Å². The van der Waals surface area contributed by atoms with Crippen molar-refractivity contribution >= 4 is 11.9 Å². The lowest BCUT2D eigenvalue weighted by molar-refractivity contribution is 0.0935. The van der Waals surface area contributed by atoms with E-state index in [0.717, 1.165) is 11.1 Å². The van der Waals surface area contributed by atoms with Crippen molar-refractivity contribution in [3.8, 4) is 0 Å². The Hall–Kier alpha value is -2.82. The number of amides is 3. The quantitative estimate of drug-likeness (QED) is 0.755. The average Bonchev–Trinajstić information content (AvgIpc) is 2.52. The molecule has 0 atom stereocenters. The lowest BCUT2D eigenvalue weighted by Gasteiger charge is -2.10. The maximum Gasteiger partial charge on any atom is 0.333 e. The van der Waals surface area contributed by atoms with Gasteiger partial charge in [-0.3, -0.25) is 10.2 Å². The second-order valence-corrected chi connectivity index (χ2v) is 4.56. The van der Waals surface area contributed by atoms with Crippen molar-refractivity contribution in [2.75, 3.05) is 0 Å². The molecule has 0 saturated carbocycles. The van der Waals surface area contributed by atoms with Gasteiger partial charge in [0.1, 0.15) is 0 Å². The lowest BCUT2D eigenvalue weighted by atomic mass is 10.1. The van der Waals surface area contributed by atoms with E-state index < -0.39 is 6.03 Å². The largest absolute Gasteiger partial charge is 0.333 e. The van der Waals surface area contributed by atoms with Gasteiger partial charge in [-0.2, -0.15) is 0 Å². The molecule has 3 amide bonds. The standard InChI is InChI=1S/C16H17N3O2/c1-12-7-5-6-10-14(12)15(20)18-19-16(21)17-11-13-8-3-2-4-9-13/h2-10H,11H2,1H3,(H,18,20)(H2,17,19,21). The Bertz CT molecular complexity index is 626. The first-order valence-corrected chi connectivity index (χ1v) is 6.60. The molecule has 2 aromatic carbocycles. The molecule has 2 aromatic rings. The summed E-state index contributed by atoms with van der Waals surface area (Å²) < 4.78 is 0. The predicted octanol–water partition coefficient (Wildman–Crippen LogP) is 2.14. The summed E-state index contributed by atoms with van der Waals surface area (Å²) in [6.45, 7) is 2.23. The van der Waals surface area contributed by atoms with Crippen LogP contribution in [-0.2, 0) is 6.54 Å². The lowest BCUT2D eigenvalue weighted by Crippen LogP contribution is -2.46. The highest BCUT2D eigenvalue weighted by atomic mass is 16.2. The van der Waals surface area contributed by atoms with Crippen LogP contribution in [0.4, 0.5) is 4.79 Å². The van der Waals surface area contributed by atoms with Crippen molar-refractivity contribution in [2.45, 2.75) is 13.5 Å². The van der Waals surface area contributed by atoms with Gasteiger partial charge in [0.05, 0.1) is 0 Å². The number of carbonyl (C=O) groups is 2. The molecule has 0 radical (unpaired) electrons. The molecule has 0 spiro atoms. The summed E-state index contributed by atoms with van der Waals surface area (Å²) in [5, 5.41) is 2.66. The summed E-state index contributed by atoms with van der Waals surface area (Å²) in [4.78, 5) is 23.5. The van der Waals surface area contributed by atoms with E-state index in [9.17, 15) is 9.59 Å². The van der Waals surface area contributed by atoms with Gasteiger partial charge in [-0.1, -0.05) is 48.5 Å². The van der Waals surface area contributed by atoms with Gasteiger partial charge in [-0.25, -0.2) is 10.2 Å². The van der Waals surface area contributed by atoms with E-state index in [1.807, 2.05) is 49.4 Å². The fraction of sp³-hybridized carbons (Fsp3) is 0.125. The SMILES string of the molecule is Cc1ccccc1C(=O)NNC(=O)NCc1ccccc1. The molecule has 0 fully saturated rings. The third kappa shape index (κ3) is 4.35. The van der Waals surface area contributed by atoms with Gasteiger partial charge in [-0.05, 0) is 24.1 Å². The van der Waals surface area contributed by atoms with Gasteiger partial charge in [0.2, 0.25) is 0 Å². The minimum absolute atomic E-state index is 0.344. The van der Waals surface area contributed by atoms with E-state index in [0.29, 0.717) is 12.1 Å². The Morgan fingerprint density at radius 3 is 2.29 bits per heavy atom. The second kappa shape index (κ2) is 7.09. The Balaban J connectivity index is 1.79. The second-order valence-electron chi connectivity index (χ2n) is 4.56. The number of hydrogen-bond acceptors (Lipinski definition) is 2. The van der Waals surface area contributed by atoms with Gasteiger partial charge in [-0.15, -0.1) is 0 Å². The van der Waals surface area contributed by atoms with Gasteiger partial charge in [0.15, 0.2) is 0 Å². The van der Waals surface area contributed by atoms with Crippen LogP contribution in [0.1, 0.15) is 21.5 Å². The molecule has 108 valence electrons. The number of rotatable bonds is 3. The number of hydrogen-bond donors (Lipinski definition) is 3. The molecule has 5 nitrogen and oxygen atoms in total. The average molecular weight is 283 g/mol. The highest BCUT2D eigenvalue weighted by Gasteiger charge is 2.08. The summed E-state index contributed by atoms with van der Waals surface area (Å²) in [7, 11) is 0. The normalized spacial score (nSPS) is 9.76. The Morgan fingerprint density at radius 1 is 0.905 bits per heavy atom. The van der Waals surface area contributed by atoms with Gasteiger partial charge < -0.3 is 5.32 Å². The van der Waals surface area contributed by atoms with E-state index in [2.05, 4.69) is 16.2 Å². The topological polar surface area (TPSA) is 70.2 Å². The van der Waals surface area contributed by atoms with Crippen molar-refractivity contribution in [1.29, 1.82) is 0 Å². The summed E-state index contributed by atoms with van der Waals surface area (Å²) in [5.74, 6) is -0.344. The Labute approximate surface area is 123 Å². The maximum atomic E-state index is 11.9. The molecule has 21 heavy (non-hydrogen) atoms. The number of urea groups is 1. The van der Waals surface area contributed by atoms with Gasteiger partial charge in [0.25, 0.3) is 5.91 Å². The highest BCUT2D eigenvalue weighted by molar-refractivity contribution is 5.96. The van der Waals surface area contributed by atoms with Crippen molar-refractivity contribution < 1.29 is 9.59 Å². The molecule has 0 aliphatic carbocycles. The van der Waals surface area contributed by atoms with Crippen molar-refractivity contribution in [2.24, 2.45) is 0 Å². The maximum absolute atomic E-state index is 11.9. The number of aryl methyl sites for hydroxylation is 1. The molecule has 5 heteroatoms. The third-order valence-corrected chi connectivity index (χ3v) is 2.98. The minimum Gasteiger partial charge on any atom is -0.333 e. The van der Waals surface area contributed by atoms with Crippen LogP contribution in [0.25, 0.3) is 0 Å². The first-order valence-electron chi connectivity index (χ1n) is 6.60. The van der Waals surface area contributed by atoms with Crippen LogP contribution in [0.5, 0.6) is 0 Å². The first-order chi connectivity index (χ1) is 10.2. The molecular formula is C16H17N3O2. The third-order valence-electron chi connectivity index (χ3n) is 2.98. The summed E-state index contributed by atoms with van der Waals surface area (Å²) in [5.41, 5.74) is 7.06. The minimum atomic E-state index is -0.458. The van der Waals surface area contributed by atoms with E-state index in [1.54, 1.807) is 12.1 Å². The fourth-order valence-corrected chi connectivity index (χ4v) is 1.83.